The van der Waals surface area contributed by atoms with Crippen molar-refractivity contribution in [3.05, 3.63) is 0 Å². The van der Waals surface area contributed by atoms with Gasteiger partial charge in [0.05, 0.1) is 0 Å². The summed E-state index contributed by atoms with van der Waals surface area (Å²) in [6.07, 6.45) is 4.28. The van der Waals surface area contributed by atoms with E-state index in [1.807, 2.05) is 0 Å². The molecule has 0 fully saturated rings. The van der Waals surface area contributed by atoms with Gasteiger partial charge >= 0.3 is 11.9 Å². The summed E-state index contributed by atoms with van der Waals surface area (Å²) in [6, 6.07) is 0. The van der Waals surface area contributed by atoms with Gasteiger partial charge in [-0.05, 0) is 12.8 Å². The standard InChI is InChI=1S/C13H24O6/c1-17-13(18-2)10-19-12(16)9-7-5-3-4-6-8-11(14)15/h13H,3-10H2,1-2H3,(H,14,15). The fourth-order valence-electron chi connectivity index (χ4n) is 1.54. The first-order valence-electron chi connectivity index (χ1n) is 6.53. The van der Waals surface area contributed by atoms with E-state index >= 15 is 0 Å². The van der Waals surface area contributed by atoms with Crippen LogP contribution >= 0.6 is 0 Å². The molecule has 0 spiro atoms. The second-order valence-electron chi connectivity index (χ2n) is 4.25. The molecule has 0 atom stereocenters. The smallest absolute Gasteiger partial charge is 0.305 e. The lowest BCUT2D eigenvalue weighted by Crippen LogP contribution is -2.22. The molecule has 0 heterocycles. The number of esters is 1. The number of methoxy groups -OCH3 is 2. The minimum Gasteiger partial charge on any atom is -0.481 e. The molecule has 0 bridgehead atoms. The van der Waals surface area contributed by atoms with Crippen molar-refractivity contribution in [1.29, 1.82) is 0 Å². The minimum atomic E-state index is -0.755. The number of carbonyl (C=O) groups is 2. The average Bonchev–Trinajstić information content (AvgIpc) is 2.38. The van der Waals surface area contributed by atoms with Crippen LogP contribution < -0.4 is 0 Å². The van der Waals surface area contributed by atoms with Crippen molar-refractivity contribution in [3.63, 3.8) is 0 Å². The Labute approximate surface area is 114 Å². The third-order valence-electron chi connectivity index (χ3n) is 2.68. The Morgan fingerprint density at radius 1 is 0.947 bits per heavy atom. The van der Waals surface area contributed by atoms with Gasteiger partial charge in [-0.2, -0.15) is 0 Å². The van der Waals surface area contributed by atoms with Crippen molar-refractivity contribution in [2.45, 2.75) is 51.2 Å². The first kappa shape index (κ1) is 17.9. The highest BCUT2D eigenvalue weighted by atomic mass is 16.7. The molecule has 6 heteroatoms. The number of rotatable bonds is 12. The van der Waals surface area contributed by atoms with E-state index in [1.165, 1.54) is 14.2 Å². The number of carboxylic acids is 1. The zero-order valence-electron chi connectivity index (χ0n) is 11.7. The Kier molecular flexibility index (Phi) is 11.2. The maximum absolute atomic E-state index is 11.3. The summed E-state index contributed by atoms with van der Waals surface area (Å²) in [5.41, 5.74) is 0. The molecule has 6 nitrogen and oxygen atoms in total. The summed E-state index contributed by atoms with van der Waals surface area (Å²) in [7, 11) is 2.97. The van der Waals surface area contributed by atoms with Crippen molar-refractivity contribution < 1.29 is 28.9 Å². The molecule has 0 aromatic rings. The van der Waals surface area contributed by atoms with Crippen LogP contribution in [0.15, 0.2) is 0 Å². The second-order valence-corrected chi connectivity index (χ2v) is 4.25. The van der Waals surface area contributed by atoms with Gasteiger partial charge in [0.15, 0.2) is 6.29 Å². The number of aliphatic carboxylic acids is 1. The molecule has 1 N–H and O–H groups in total. The zero-order valence-corrected chi connectivity index (χ0v) is 11.7. The normalized spacial score (nSPS) is 10.7. The summed E-state index contributed by atoms with van der Waals surface area (Å²) < 4.78 is 14.8. The van der Waals surface area contributed by atoms with Crippen molar-refractivity contribution in [3.8, 4) is 0 Å². The molecule has 0 aliphatic heterocycles. The molecule has 0 aromatic carbocycles. The van der Waals surface area contributed by atoms with E-state index in [0.717, 1.165) is 25.7 Å². The molecule has 19 heavy (non-hydrogen) atoms. The van der Waals surface area contributed by atoms with E-state index in [-0.39, 0.29) is 19.0 Å². The first-order valence-corrected chi connectivity index (χ1v) is 6.53. The Bertz CT molecular complexity index is 250. The van der Waals surface area contributed by atoms with E-state index in [2.05, 4.69) is 0 Å². The van der Waals surface area contributed by atoms with Crippen molar-refractivity contribution in [2.24, 2.45) is 0 Å². The number of ether oxygens (including phenoxy) is 3. The van der Waals surface area contributed by atoms with Gasteiger partial charge in [0, 0.05) is 27.1 Å². The van der Waals surface area contributed by atoms with Crippen LogP contribution in [0, 0.1) is 0 Å². The number of hydrogen-bond donors (Lipinski definition) is 1. The Balaban J connectivity index is 3.36. The molecule has 0 aliphatic rings. The lowest BCUT2D eigenvalue weighted by atomic mass is 10.1. The van der Waals surface area contributed by atoms with Gasteiger partial charge in [0.1, 0.15) is 6.61 Å². The Morgan fingerprint density at radius 3 is 2.00 bits per heavy atom. The summed E-state index contributed by atoms with van der Waals surface area (Å²) in [6.45, 7) is 0.102. The van der Waals surface area contributed by atoms with Crippen LogP contribution in [0.4, 0.5) is 0 Å². The van der Waals surface area contributed by atoms with Crippen LogP contribution in [-0.4, -0.2) is 44.2 Å². The number of carbonyl (C=O) groups excluding carboxylic acids is 1. The maximum atomic E-state index is 11.3. The maximum Gasteiger partial charge on any atom is 0.305 e. The van der Waals surface area contributed by atoms with Gasteiger partial charge < -0.3 is 19.3 Å². The highest BCUT2D eigenvalue weighted by molar-refractivity contribution is 5.69. The van der Waals surface area contributed by atoms with E-state index in [4.69, 9.17) is 19.3 Å². The van der Waals surface area contributed by atoms with E-state index < -0.39 is 12.3 Å². The van der Waals surface area contributed by atoms with E-state index in [9.17, 15) is 9.59 Å². The van der Waals surface area contributed by atoms with Crippen LogP contribution in [-0.2, 0) is 23.8 Å². The Hall–Kier alpha value is -1.14. The van der Waals surface area contributed by atoms with Crippen molar-refractivity contribution >= 4 is 11.9 Å². The molecule has 0 rings (SSSR count). The molecule has 0 aliphatic carbocycles. The fraction of sp³-hybridized carbons (Fsp3) is 0.846. The molecule has 0 radical (unpaired) electrons. The van der Waals surface area contributed by atoms with Crippen molar-refractivity contribution in [2.75, 3.05) is 20.8 Å². The highest BCUT2D eigenvalue weighted by Gasteiger charge is 2.09. The largest absolute Gasteiger partial charge is 0.481 e. The third kappa shape index (κ3) is 11.7. The predicted molar refractivity (Wildman–Crippen MR) is 68.7 cm³/mol. The van der Waals surface area contributed by atoms with Crippen LogP contribution in [0.3, 0.4) is 0 Å². The summed E-state index contributed by atoms with van der Waals surface area (Å²) >= 11 is 0. The lowest BCUT2D eigenvalue weighted by Gasteiger charge is -2.13. The molecular weight excluding hydrogens is 252 g/mol. The summed E-state index contributed by atoms with van der Waals surface area (Å²) in [4.78, 5) is 21.6. The molecule has 0 aromatic heterocycles. The monoisotopic (exact) mass is 276 g/mol. The summed E-state index contributed by atoms with van der Waals surface area (Å²) in [5, 5.41) is 8.45. The van der Waals surface area contributed by atoms with Gasteiger partial charge in [-0.3, -0.25) is 9.59 Å². The molecule has 0 saturated carbocycles. The van der Waals surface area contributed by atoms with Gasteiger partial charge in [0.2, 0.25) is 0 Å². The van der Waals surface area contributed by atoms with Crippen LogP contribution in [0.5, 0.6) is 0 Å². The van der Waals surface area contributed by atoms with Gasteiger partial charge in [0.25, 0.3) is 0 Å². The van der Waals surface area contributed by atoms with E-state index in [0.29, 0.717) is 12.8 Å². The van der Waals surface area contributed by atoms with Gasteiger partial charge in [-0.1, -0.05) is 19.3 Å². The van der Waals surface area contributed by atoms with Gasteiger partial charge in [-0.25, -0.2) is 0 Å². The second kappa shape index (κ2) is 11.9. The van der Waals surface area contributed by atoms with Crippen LogP contribution in [0.1, 0.15) is 44.9 Å². The number of hydrogen-bond acceptors (Lipinski definition) is 5. The first-order chi connectivity index (χ1) is 9.10. The third-order valence-corrected chi connectivity index (χ3v) is 2.68. The highest BCUT2D eigenvalue weighted by Crippen LogP contribution is 2.08. The van der Waals surface area contributed by atoms with E-state index in [1.54, 1.807) is 0 Å². The molecule has 0 unspecified atom stereocenters. The molecular formula is C13H24O6. The average molecular weight is 276 g/mol. The SMILES string of the molecule is COC(COC(=O)CCCCCCCC(=O)O)OC. The molecule has 112 valence electrons. The van der Waals surface area contributed by atoms with Crippen LogP contribution in [0.25, 0.3) is 0 Å². The van der Waals surface area contributed by atoms with Crippen molar-refractivity contribution in [1.82, 2.24) is 0 Å². The number of carboxylic acid groups (broad SMARTS) is 1. The number of unbranched alkanes of at least 4 members (excludes halogenated alkanes) is 4. The minimum absolute atomic E-state index is 0.102. The quantitative estimate of drug-likeness (QED) is 0.333. The predicted octanol–water partition coefficient (Wildman–Crippen LogP) is 1.96. The lowest BCUT2D eigenvalue weighted by molar-refractivity contribution is -0.166. The molecule has 0 saturated heterocycles. The zero-order chi connectivity index (χ0) is 14.5. The summed E-state index contributed by atoms with van der Waals surface area (Å²) in [5.74, 6) is -1.01. The Morgan fingerprint density at radius 2 is 1.47 bits per heavy atom. The fourth-order valence-corrected chi connectivity index (χ4v) is 1.54. The topological polar surface area (TPSA) is 82.1 Å². The van der Waals surface area contributed by atoms with Gasteiger partial charge in [-0.15, -0.1) is 0 Å². The molecule has 0 amide bonds. The van der Waals surface area contributed by atoms with Crippen LogP contribution in [0.2, 0.25) is 0 Å².